The van der Waals surface area contributed by atoms with Crippen molar-refractivity contribution in [2.45, 2.75) is 64.9 Å². The molecule has 1 N–H and O–H groups in total. The molecular formula is C17H27NO7. The lowest BCUT2D eigenvalue weighted by Crippen LogP contribution is -2.47. The van der Waals surface area contributed by atoms with E-state index < -0.39 is 35.9 Å². The Morgan fingerprint density at radius 1 is 1.32 bits per heavy atom. The maximum Gasteiger partial charge on any atom is 0.408 e. The molecule has 0 bridgehead atoms. The first-order valence-corrected chi connectivity index (χ1v) is 8.19. The van der Waals surface area contributed by atoms with Crippen LogP contribution in [0.15, 0.2) is 12.3 Å². The molecule has 1 amide bonds. The van der Waals surface area contributed by atoms with Crippen molar-refractivity contribution in [3.05, 3.63) is 12.3 Å². The maximum absolute atomic E-state index is 12.3. The number of alkyl carbamates (subject to hydrolysis) is 1. The number of hydrogen-bond donors (Lipinski definition) is 1. The zero-order valence-electron chi connectivity index (χ0n) is 15.4. The van der Waals surface area contributed by atoms with Crippen LogP contribution in [0.5, 0.6) is 0 Å². The van der Waals surface area contributed by atoms with E-state index in [0.29, 0.717) is 13.0 Å². The van der Waals surface area contributed by atoms with E-state index in [0.717, 1.165) is 0 Å². The minimum atomic E-state index is -0.969. The Morgan fingerprint density at radius 2 is 2.00 bits per heavy atom. The highest BCUT2D eigenvalue weighted by Crippen LogP contribution is 2.14. The fourth-order valence-corrected chi connectivity index (χ4v) is 2.01. The molecule has 1 rings (SSSR count). The Kier molecular flexibility index (Phi) is 7.89. The normalized spacial score (nSPS) is 25.3. The number of amides is 1. The van der Waals surface area contributed by atoms with Gasteiger partial charge in [-0.3, -0.25) is 4.79 Å². The molecule has 0 saturated carbocycles. The predicted octanol–water partition coefficient (Wildman–Crippen LogP) is 1.72. The smallest absolute Gasteiger partial charge is 0.408 e. The Hall–Kier alpha value is -2.09. The molecule has 142 valence electrons. The van der Waals surface area contributed by atoms with Crippen LogP contribution in [0.3, 0.4) is 0 Å². The summed E-state index contributed by atoms with van der Waals surface area (Å²) in [6.07, 6.45) is 1.28. The molecule has 8 nitrogen and oxygen atoms in total. The van der Waals surface area contributed by atoms with Gasteiger partial charge in [0.2, 0.25) is 0 Å². The van der Waals surface area contributed by atoms with Crippen molar-refractivity contribution in [1.29, 1.82) is 0 Å². The third kappa shape index (κ3) is 8.53. The molecule has 0 aromatic carbocycles. The Morgan fingerprint density at radius 3 is 2.60 bits per heavy atom. The number of ether oxygens (including phenoxy) is 4. The molecule has 0 unspecified atom stereocenters. The van der Waals surface area contributed by atoms with Gasteiger partial charge in [0.1, 0.15) is 17.8 Å². The van der Waals surface area contributed by atoms with E-state index in [1.165, 1.54) is 19.3 Å². The number of allylic oxidation sites excluding steroid dienone is 1. The number of carbonyl (C=O) groups excluding carboxylic acids is 3. The summed E-state index contributed by atoms with van der Waals surface area (Å²) in [4.78, 5) is 35.0. The van der Waals surface area contributed by atoms with Crippen LogP contribution in [0.25, 0.3) is 0 Å². The fraction of sp³-hybridized carbons (Fsp3) is 0.706. The second kappa shape index (κ2) is 9.41. The lowest BCUT2D eigenvalue weighted by Gasteiger charge is -2.24. The second-order valence-electron chi connectivity index (χ2n) is 6.79. The summed E-state index contributed by atoms with van der Waals surface area (Å²) in [5.41, 5.74) is -0.678. The largest absolute Gasteiger partial charge is 0.494 e. The average Bonchev–Trinajstić information content (AvgIpc) is 2.50. The Bertz CT molecular complexity index is 510. The molecule has 1 saturated heterocycles. The summed E-state index contributed by atoms with van der Waals surface area (Å²) < 4.78 is 21.4. The summed E-state index contributed by atoms with van der Waals surface area (Å²) in [5.74, 6) is -0.782. The minimum Gasteiger partial charge on any atom is -0.494 e. The highest BCUT2D eigenvalue weighted by Gasteiger charge is 2.31. The minimum absolute atomic E-state index is 0.0270. The summed E-state index contributed by atoms with van der Waals surface area (Å²) in [6.45, 7) is 8.55. The molecule has 1 heterocycles. The van der Waals surface area contributed by atoms with Gasteiger partial charge in [-0.2, -0.15) is 0 Å². The lowest BCUT2D eigenvalue weighted by molar-refractivity contribution is -0.156. The van der Waals surface area contributed by atoms with Crippen molar-refractivity contribution < 1.29 is 33.3 Å². The topological polar surface area (TPSA) is 100 Å². The molecule has 0 aromatic heterocycles. The van der Waals surface area contributed by atoms with Crippen LogP contribution in [0.2, 0.25) is 0 Å². The molecule has 3 atom stereocenters. The maximum atomic E-state index is 12.3. The molecule has 0 radical (unpaired) electrons. The van der Waals surface area contributed by atoms with Crippen molar-refractivity contribution in [2.75, 3.05) is 13.2 Å². The molecule has 0 aromatic rings. The molecule has 1 fully saturated rings. The first kappa shape index (κ1) is 21.0. The number of rotatable bonds is 4. The number of esters is 1. The third-order valence-corrected chi connectivity index (χ3v) is 3.19. The standard InChI is InChI=1S/C17H27NO7/c1-11(19)6-9-23-14-7-8-22-10-13(15(20)24-12(14)2)18-16(21)25-17(3,4)5/h6,9,12-14H,7-8,10H2,1-5H3,(H,18,21)/b9-6+/t12-,13-,14+/m0/s1. The van der Waals surface area contributed by atoms with Gasteiger partial charge in [0.05, 0.1) is 19.5 Å². The van der Waals surface area contributed by atoms with Crippen molar-refractivity contribution >= 4 is 17.8 Å². The third-order valence-electron chi connectivity index (χ3n) is 3.19. The number of hydrogen-bond acceptors (Lipinski definition) is 7. The van der Waals surface area contributed by atoms with Crippen LogP contribution in [-0.4, -0.2) is 54.9 Å². The summed E-state index contributed by atoms with van der Waals surface area (Å²) in [7, 11) is 0. The van der Waals surface area contributed by atoms with E-state index in [4.69, 9.17) is 18.9 Å². The zero-order chi connectivity index (χ0) is 19.0. The van der Waals surface area contributed by atoms with E-state index in [-0.39, 0.29) is 12.4 Å². The van der Waals surface area contributed by atoms with Crippen molar-refractivity contribution in [2.24, 2.45) is 0 Å². The quantitative estimate of drug-likeness (QED) is 0.464. The number of cyclic esters (lactones) is 1. The van der Waals surface area contributed by atoms with Gasteiger partial charge < -0.3 is 24.3 Å². The summed E-state index contributed by atoms with van der Waals surface area (Å²) in [5, 5.41) is 2.45. The van der Waals surface area contributed by atoms with Crippen LogP contribution in [-0.2, 0) is 28.5 Å². The van der Waals surface area contributed by atoms with Crippen LogP contribution >= 0.6 is 0 Å². The van der Waals surface area contributed by atoms with Gasteiger partial charge in [-0.25, -0.2) is 9.59 Å². The first-order chi connectivity index (χ1) is 11.6. The van der Waals surface area contributed by atoms with Crippen molar-refractivity contribution in [3.8, 4) is 0 Å². The number of ketones is 1. The molecule has 1 aliphatic heterocycles. The lowest BCUT2D eigenvalue weighted by atomic mass is 10.1. The van der Waals surface area contributed by atoms with Crippen LogP contribution in [0.1, 0.15) is 41.0 Å². The second-order valence-corrected chi connectivity index (χ2v) is 6.79. The number of carbonyl (C=O) groups is 3. The van der Waals surface area contributed by atoms with Crippen LogP contribution in [0, 0.1) is 0 Å². The first-order valence-electron chi connectivity index (χ1n) is 8.19. The van der Waals surface area contributed by atoms with Gasteiger partial charge in [0.25, 0.3) is 0 Å². The van der Waals surface area contributed by atoms with Gasteiger partial charge in [-0.15, -0.1) is 0 Å². The summed E-state index contributed by atoms with van der Waals surface area (Å²) in [6, 6.07) is -0.969. The molecule has 8 heteroatoms. The van der Waals surface area contributed by atoms with Gasteiger partial charge in [0, 0.05) is 12.5 Å². The molecule has 1 aliphatic rings. The Labute approximate surface area is 147 Å². The van der Waals surface area contributed by atoms with Crippen LogP contribution in [0.4, 0.5) is 4.79 Å². The van der Waals surface area contributed by atoms with Gasteiger partial charge in [-0.1, -0.05) is 0 Å². The molecule has 0 aliphatic carbocycles. The van der Waals surface area contributed by atoms with E-state index in [9.17, 15) is 14.4 Å². The van der Waals surface area contributed by atoms with E-state index in [2.05, 4.69) is 5.32 Å². The summed E-state index contributed by atoms with van der Waals surface area (Å²) >= 11 is 0. The van der Waals surface area contributed by atoms with Crippen molar-refractivity contribution in [1.82, 2.24) is 5.32 Å². The Balaban J connectivity index is 2.67. The molecule has 0 spiro atoms. The van der Waals surface area contributed by atoms with Gasteiger partial charge in [0.15, 0.2) is 11.8 Å². The monoisotopic (exact) mass is 357 g/mol. The van der Waals surface area contributed by atoms with Crippen molar-refractivity contribution in [3.63, 3.8) is 0 Å². The average molecular weight is 357 g/mol. The predicted molar refractivity (Wildman–Crippen MR) is 88.8 cm³/mol. The molecule has 25 heavy (non-hydrogen) atoms. The fourth-order valence-electron chi connectivity index (χ4n) is 2.01. The van der Waals surface area contributed by atoms with E-state index >= 15 is 0 Å². The SMILES string of the molecule is CC(=O)/C=C/O[C@@H]1CCOC[C@H](NC(=O)OC(C)(C)C)C(=O)O[C@H]1C. The molecular weight excluding hydrogens is 330 g/mol. The van der Waals surface area contributed by atoms with Gasteiger partial charge in [-0.05, 0) is 34.6 Å². The van der Waals surface area contributed by atoms with E-state index in [1.807, 2.05) is 0 Å². The van der Waals surface area contributed by atoms with Crippen LogP contribution < -0.4 is 5.32 Å². The highest BCUT2D eigenvalue weighted by molar-refractivity contribution is 5.86. The zero-order valence-corrected chi connectivity index (χ0v) is 15.4. The van der Waals surface area contributed by atoms with Gasteiger partial charge >= 0.3 is 12.1 Å². The number of nitrogens with one attached hydrogen (secondary N) is 1. The highest BCUT2D eigenvalue weighted by atomic mass is 16.6. The van der Waals surface area contributed by atoms with E-state index in [1.54, 1.807) is 27.7 Å².